The molecule has 134 valence electrons. The van der Waals surface area contributed by atoms with E-state index in [1.165, 1.54) is 6.07 Å². The second kappa shape index (κ2) is 7.25. The quantitative estimate of drug-likeness (QED) is 0.673. The van der Waals surface area contributed by atoms with Crippen LogP contribution in [0.5, 0.6) is 0 Å². The number of aryl methyl sites for hydroxylation is 3. The van der Waals surface area contributed by atoms with E-state index in [0.717, 1.165) is 22.5 Å². The molecule has 0 saturated heterocycles. The second-order valence-electron chi connectivity index (χ2n) is 6.11. The number of hydrogen-bond donors (Lipinski definition) is 1. The molecule has 4 nitrogen and oxygen atoms in total. The van der Waals surface area contributed by atoms with Gasteiger partial charge in [0.2, 0.25) is 0 Å². The van der Waals surface area contributed by atoms with E-state index in [0.29, 0.717) is 26.2 Å². The zero-order chi connectivity index (χ0) is 18.8. The topological polar surface area (TPSA) is 55.4 Å². The van der Waals surface area contributed by atoms with Crippen molar-refractivity contribution in [1.82, 2.24) is 0 Å². The Kier molecular flexibility index (Phi) is 5.04. The Hall–Kier alpha value is -2.73. The smallest absolute Gasteiger partial charge is 0.349 e. The second-order valence-corrected chi connectivity index (χ2v) is 7.16. The van der Waals surface area contributed by atoms with Crippen molar-refractivity contribution < 1.29 is 18.7 Å². The van der Waals surface area contributed by atoms with Gasteiger partial charge in [-0.25, -0.2) is 9.18 Å². The lowest BCUT2D eigenvalue weighted by molar-refractivity contribution is -0.119. The molecule has 0 atom stereocenters. The molecule has 0 radical (unpaired) electrons. The number of benzene rings is 2. The molecule has 1 N–H and O–H groups in total. The number of halogens is 1. The summed E-state index contributed by atoms with van der Waals surface area (Å²) in [5, 5.41) is 3.16. The highest BCUT2D eigenvalue weighted by Gasteiger charge is 2.20. The average molecular weight is 371 g/mol. The van der Waals surface area contributed by atoms with Crippen molar-refractivity contribution in [2.45, 2.75) is 20.8 Å². The van der Waals surface area contributed by atoms with Crippen LogP contribution in [0.3, 0.4) is 0 Å². The summed E-state index contributed by atoms with van der Waals surface area (Å²) in [6.07, 6.45) is 0. The third kappa shape index (κ3) is 3.60. The van der Waals surface area contributed by atoms with E-state index >= 15 is 0 Å². The number of thiophene rings is 1. The number of hydrogen-bond acceptors (Lipinski definition) is 4. The van der Waals surface area contributed by atoms with E-state index in [4.69, 9.17) is 4.74 Å². The SMILES string of the molecule is Cc1ccc(C)c(NC(=O)COC(=O)c2sc3cccc(F)c3c2C)c1. The zero-order valence-corrected chi connectivity index (χ0v) is 15.5. The van der Waals surface area contributed by atoms with E-state index < -0.39 is 18.5 Å². The fourth-order valence-corrected chi connectivity index (χ4v) is 3.82. The van der Waals surface area contributed by atoms with Crippen molar-refractivity contribution in [2.75, 3.05) is 11.9 Å². The van der Waals surface area contributed by atoms with Gasteiger partial charge < -0.3 is 10.1 Å². The van der Waals surface area contributed by atoms with Crippen LogP contribution in [-0.2, 0) is 9.53 Å². The molecule has 2 aromatic carbocycles. The van der Waals surface area contributed by atoms with Crippen molar-refractivity contribution in [3.05, 3.63) is 63.8 Å². The number of carbonyl (C=O) groups excluding carboxylic acids is 2. The first-order valence-corrected chi connectivity index (χ1v) is 8.90. The van der Waals surface area contributed by atoms with Crippen LogP contribution in [0.25, 0.3) is 10.1 Å². The Labute approximate surface area is 154 Å². The first-order chi connectivity index (χ1) is 12.4. The minimum atomic E-state index is -0.626. The van der Waals surface area contributed by atoms with Crippen molar-refractivity contribution in [3.63, 3.8) is 0 Å². The van der Waals surface area contributed by atoms with Crippen LogP contribution in [0.2, 0.25) is 0 Å². The number of esters is 1. The molecule has 6 heteroatoms. The number of ether oxygens (including phenoxy) is 1. The first-order valence-electron chi connectivity index (χ1n) is 8.08. The van der Waals surface area contributed by atoms with Crippen LogP contribution in [-0.4, -0.2) is 18.5 Å². The lowest BCUT2D eigenvalue weighted by atomic mass is 10.1. The molecule has 0 fully saturated rings. The van der Waals surface area contributed by atoms with Crippen LogP contribution in [0.1, 0.15) is 26.4 Å². The van der Waals surface area contributed by atoms with Crippen LogP contribution in [0, 0.1) is 26.6 Å². The lowest BCUT2D eigenvalue weighted by Gasteiger charge is -2.09. The molecule has 0 unspecified atom stereocenters. The molecule has 0 bridgehead atoms. The van der Waals surface area contributed by atoms with Crippen LogP contribution in [0.15, 0.2) is 36.4 Å². The molecule has 0 saturated carbocycles. The highest BCUT2D eigenvalue weighted by atomic mass is 32.1. The molecule has 0 aliphatic rings. The normalized spacial score (nSPS) is 10.8. The van der Waals surface area contributed by atoms with Gasteiger partial charge >= 0.3 is 5.97 Å². The summed E-state index contributed by atoms with van der Waals surface area (Å²) >= 11 is 1.16. The summed E-state index contributed by atoms with van der Waals surface area (Å²) < 4.78 is 19.7. The number of amides is 1. The number of rotatable bonds is 4. The van der Waals surface area contributed by atoms with Crippen LogP contribution < -0.4 is 5.32 Å². The Morgan fingerprint density at radius 2 is 1.92 bits per heavy atom. The molecule has 26 heavy (non-hydrogen) atoms. The number of nitrogens with one attached hydrogen (secondary N) is 1. The average Bonchev–Trinajstić information content (AvgIpc) is 2.94. The van der Waals surface area contributed by atoms with E-state index in [-0.39, 0.29) is 5.82 Å². The first kappa shape index (κ1) is 18.1. The number of fused-ring (bicyclic) bond motifs is 1. The highest BCUT2D eigenvalue weighted by Crippen LogP contribution is 2.33. The highest BCUT2D eigenvalue weighted by molar-refractivity contribution is 7.21. The minimum Gasteiger partial charge on any atom is -0.451 e. The zero-order valence-electron chi connectivity index (χ0n) is 14.7. The van der Waals surface area contributed by atoms with E-state index in [2.05, 4.69) is 5.32 Å². The van der Waals surface area contributed by atoms with Gasteiger partial charge in [0.15, 0.2) is 6.61 Å². The molecular weight excluding hydrogens is 353 g/mol. The van der Waals surface area contributed by atoms with Crippen LogP contribution >= 0.6 is 11.3 Å². The van der Waals surface area contributed by atoms with Gasteiger partial charge in [0.05, 0.1) is 0 Å². The van der Waals surface area contributed by atoms with Crippen LogP contribution in [0.4, 0.5) is 10.1 Å². The van der Waals surface area contributed by atoms with Crippen molar-refractivity contribution in [3.8, 4) is 0 Å². The van der Waals surface area contributed by atoms with Gasteiger partial charge in [-0.3, -0.25) is 4.79 Å². The molecule has 1 amide bonds. The van der Waals surface area contributed by atoms with E-state index in [1.54, 1.807) is 19.1 Å². The summed E-state index contributed by atoms with van der Waals surface area (Å²) in [5.41, 5.74) is 3.16. The maximum atomic E-state index is 13.9. The Morgan fingerprint density at radius 3 is 2.65 bits per heavy atom. The molecule has 0 spiro atoms. The lowest BCUT2D eigenvalue weighted by Crippen LogP contribution is -2.21. The van der Waals surface area contributed by atoms with E-state index in [9.17, 15) is 14.0 Å². The van der Waals surface area contributed by atoms with Gasteiger partial charge in [-0.05, 0) is 55.7 Å². The summed E-state index contributed by atoms with van der Waals surface area (Å²) in [6, 6.07) is 10.4. The van der Waals surface area contributed by atoms with Gasteiger partial charge in [0, 0.05) is 15.8 Å². The summed E-state index contributed by atoms with van der Waals surface area (Å²) in [4.78, 5) is 24.7. The van der Waals surface area contributed by atoms with Crippen molar-refractivity contribution >= 4 is 39.0 Å². The summed E-state index contributed by atoms with van der Waals surface area (Å²) in [7, 11) is 0. The van der Waals surface area contributed by atoms with Crippen molar-refractivity contribution in [1.29, 1.82) is 0 Å². The van der Waals surface area contributed by atoms with Gasteiger partial charge in [0.25, 0.3) is 5.91 Å². The van der Waals surface area contributed by atoms with Gasteiger partial charge in [0.1, 0.15) is 10.7 Å². The van der Waals surface area contributed by atoms with Gasteiger partial charge in [-0.2, -0.15) is 0 Å². The van der Waals surface area contributed by atoms with Gasteiger partial charge in [-0.1, -0.05) is 18.2 Å². The molecular formula is C20H18FNO3S. The maximum absolute atomic E-state index is 13.9. The molecule has 0 aliphatic heterocycles. The minimum absolute atomic E-state index is 0.310. The third-order valence-corrected chi connectivity index (χ3v) is 5.33. The molecule has 3 rings (SSSR count). The predicted molar refractivity (Wildman–Crippen MR) is 101 cm³/mol. The molecule has 0 aliphatic carbocycles. The Bertz CT molecular complexity index is 1010. The largest absolute Gasteiger partial charge is 0.451 e. The number of anilines is 1. The fourth-order valence-electron chi connectivity index (χ4n) is 2.70. The Morgan fingerprint density at radius 1 is 1.15 bits per heavy atom. The monoisotopic (exact) mass is 371 g/mol. The fraction of sp³-hybridized carbons (Fsp3) is 0.200. The predicted octanol–water partition coefficient (Wildman–Crippen LogP) is 4.76. The Balaban J connectivity index is 1.69. The summed E-state index contributed by atoms with van der Waals surface area (Å²) in [5.74, 6) is -1.42. The van der Waals surface area contributed by atoms with E-state index in [1.807, 2.05) is 32.0 Å². The third-order valence-electron chi connectivity index (χ3n) is 4.09. The van der Waals surface area contributed by atoms with Gasteiger partial charge in [-0.15, -0.1) is 11.3 Å². The van der Waals surface area contributed by atoms with Crippen molar-refractivity contribution in [2.24, 2.45) is 0 Å². The molecule has 1 heterocycles. The molecule has 1 aromatic heterocycles. The summed E-state index contributed by atoms with van der Waals surface area (Å²) in [6.45, 7) is 5.09. The molecule has 3 aromatic rings. The maximum Gasteiger partial charge on any atom is 0.349 e. The standard InChI is InChI=1S/C20H18FNO3S/c1-11-7-8-12(2)15(9-11)22-17(23)10-25-20(24)19-13(3)18-14(21)5-4-6-16(18)26-19/h4-9H,10H2,1-3H3,(H,22,23). The number of carbonyl (C=O) groups is 2.